The van der Waals surface area contributed by atoms with Crippen molar-refractivity contribution in [1.29, 1.82) is 0 Å². The Bertz CT molecular complexity index is 575. The normalized spacial score (nSPS) is 11.5. The van der Waals surface area contributed by atoms with Crippen molar-refractivity contribution >= 4 is 16.7 Å². The number of rotatable bonds is 0. The van der Waals surface area contributed by atoms with E-state index in [-0.39, 0.29) is 0 Å². The summed E-state index contributed by atoms with van der Waals surface area (Å²) in [6, 6.07) is 4.03. The first-order chi connectivity index (χ1) is 6.36. The predicted molar refractivity (Wildman–Crippen MR) is 49.5 cm³/mol. The van der Waals surface area contributed by atoms with Gasteiger partial charge in [0, 0.05) is 13.2 Å². The molecule has 0 aliphatic heterocycles. The number of hydrogen-bond acceptors (Lipinski definition) is 2. The van der Waals surface area contributed by atoms with Gasteiger partial charge in [0.1, 0.15) is 5.52 Å². The van der Waals surface area contributed by atoms with Crippen molar-refractivity contribution in [3.63, 3.8) is 0 Å². The highest BCUT2D eigenvalue weighted by Crippen LogP contribution is 2.13. The van der Waals surface area contributed by atoms with E-state index in [4.69, 9.17) is 0 Å². The third-order valence-corrected chi connectivity index (χ3v) is 2.25. The quantitative estimate of drug-likeness (QED) is 0.511. The number of aryl methyl sites for hydroxylation is 1. The van der Waals surface area contributed by atoms with Crippen molar-refractivity contribution in [2.24, 2.45) is 7.05 Å². The predicted octanol–water partition coefficient (Wildman–Crippen LogP) is 1.22. The Labute approximate surface area is 74.4 Å². The van der Waals surface area contributed by atoms with Crippen LogP contribution in [0.15, 0.2) is 30.7 Å². The minimum Gasteiger partial charge on any atom is -0.311 e. The van der Waals surface area contributed by atoms with Crippen molar-refractivity contribution < 1.29 is 0 Å². The topological polar surface area (TPSA) is 35.1 Å². The molecule has 0 N–H and O–H groups in total. The maximum absolute atomic E-state index is 4.32. The molecule has 0 spiro atoms. The van der Waals surface area contributed by atoms with Gasteiger partial charge in [-0.1, -0.05) is 0 Å². The van der Waals surface area contributed by atoms with Crippen LogP contribution in [0.5, 0.6) is 0 Å². The van der Waals surface area contributed by atoms with Crippen LogP contribution in [0.3, 0.4) is 0 Å². The van der Waals surface area contributed by atoms with E-state index in [0.29, 0.717) is 0 Å². The Hall–Kier alpha value is -1.84. The summed E-state index contributed by atoms with van der Waals surface area (Å²) in [6.07, 6.45) is 5.69. The Morgan fingerprint density at radius 2 is 2.23 bits per heavy atom. The van der Waals surface area contributed by atoms with Gasteiger partial charge in [0.2, 0.25) is 0 Å². The molecule has 3 heterocycles. The molecule has 0 aliphatic carbocycles. The number of nitrogens with zero attached hydrogens (tertiary/aromatic N) is 4. The molecule has 0 radical (unpaired) electrons. The molecule has 4 nitrogen and oxygen atoms in total. The summed E-state index contributed by atoms with van der Waals surface area (Å²) in [6.45, 7) is 0. The number of hydrogen-bond donors (Lipinski definition) is 0. The zero-order valence-electron chi connectivity index (χ0n) is 7.18. The largest absolute Gasteiger partial charge is 0.311 e. The molecule has 0 bridgehead atoms. The molecule has 0 fully saturated rings. The molecule has 64 valence electrons. The molecule has 0 saturated heterocycles. The van der Waals surface area contributed by atoms with Gasteiger partial charge in [0.15, 0.2) is 5.65 Å². The molecule has 3 aromatic rings. The Kier molecular flexibility index (Phi) is 1.07. The molecule has 0 aromatic carbocycles. The first kappa shape index (κ1) is 6.65. The van der Waals surface area contributed by atoms with Crippen LogP contribution >= 0.6 is 0 Å². The molecular formula is C9H8N4. The van der Waals surface area contributed by atoms with Crippen LogP contribution in [0.25, 0.3) is 16.7 Å². The van der Waals surface area contributed by atoms with Crippen LogP contribution in [0.1, 0.15) is 0 Å². The maximum Gasteiger partial charge on any atom is 0.174 e. The van der Waals surface area contributed by atoms with E-state index < -0.39 is 0 Å². The molecule has 0 aliphatic rings. The zero-order chi connectivity index (χ0) is 8.84. The van der Waals surface area contributed by atoms with Crippen molar-refractivity contribution in [2.45, 2.75) is 0 Å². The van der Waals surface area contributed by atoms with Crippen molar-refractivity contribution in [3.8, 4) is 0 Å². The fraction of sp³-hybridized carbons (Fsp3) is 0.111. The van der Waals surface area contributed by atoms with Crippen LogP contribution in [-0.2, 0) is 7.05 Å². The third-order valence-electron chi connectivity index (χ3n) is 2.25. The summed E-state index contributed by atoms with van der Waals surface area (Å²) in [5, 5.41) is 4.16. The average Bonchev–Trinajstić information content (AvgIpc) is 2.70. The SMILES string of the molecule is Cn1ncc2c1ncc1cccn12. The molecule has 0 amide bonds. The Morgan fingerprint density at radius 1 is 1.31 bits per heavy atom. The molecule has 13 heavy (non-hydrogen) atoms. The molecule has 3 aromatic heterocycles. The van der Waals surface area contributed by atoms with E-state index in [1.165, 1.54) is 0 Å². The van der Waals surface area contributed by atoms with E-state index >= 15 is 0 Å². The standard InChI is InChI=1S/C9H8N4/c1-12-9-8(6-11-12)13-4-2-3-7(13)5-10-9/h2-6H,1H3. The van der Waals surface area contributed by atoms with Gasteiger partial charge < -0.3 is 4.40 Å². The fourth-order valence-electron chi connectivity index (χ4n) is 1.59. The lowest BCUT2D eigenvalue weighted by Gasteiger charge is -1.96. The molecule has 4 heteroatoms. The molecule has 0 atom stereocenters. The zero-order valence-corrected chi connectivity index (χ0v) is 7.18. The lowest BCUT2D eigenvalue weighted by atomic mass is 10.5. The lowest BCUT2D eigenvalue weighted by molar-refractivity contribution is 0.786. The fourth-order valence-corrected chi connectivity index (χ4v) is 1.59. The minimum absolute atomic E-state index is 0.906. The maximum atomic E-state index is 4.32. The summed E-state index contributed by atoms with van der Waals surface area (Å²) in [5.41, 5.74) is 3.05. The van der Waals surface area contributed by atoms with E-state index in [1.54, 1.807) is 4.68 Å². The first-order valence-corrected chi connectivity index (χ1v) is 4.10. The van der Waals surface area contributed by atoms with E-state index in [0.717, 1.165) is 16.7 Å². The summed E-state index contributed by atoms with van der Waals surface area (Å²) < 4.78 is 3.85. The molecule has 0 saturated carbocycles. The highest BCUT2D eigenvalue weighted by molar-refractivity contribution is 5.74. The van der Waals surface area contributed by atoms with Crippen molar-refractivity contribution in [1.82, 2.24) is 19.2 Å². The van der Waals surface area contributed by atoms with Gasteiger partial charge in [-0.3, -0.25) is 0 Å². The van der Waals surface area contributed by atoms with Crippen molar-refractivity contribution in [3.05, 3.63) is 30.7 Å². The van der Waals surface area contributed by atoms with Crippen LogP contribution < -0.4 is 0 Å². The summed E-state index contributed by atoms with van der Waals surface area (Å²) in [4.78, 5) is 4.32. The highest BCUT2D eigenvalue weighted by Gasteiger charge is 2.03. The smallest absolute Gasteiger partial charge is 0.174 e. The lowest BCUT2D eigenvalue weighted by Crippen LogP contribution is -1.93. The second kappa shape index (κ2) is 2.10. The number of aromatic nitrogens is 4. The monoisotopic (exact) mass is 172 g/mol. The van der Waals surface area contributed by atoms with E-state index in [9.17, 15) is 0 Å². The highest BCUT2D eigenvalue weighted by atomic mass is 15.3. The Balaban J connectivity index is 2.66. The van der Waals surface area contributed by atoms with Gasteiger partial charge in [0.25, 0.3) is 0 Å². The third kappa shape index (κ3) is 0.744. The Morgan fingerprint density at radius 3 is 3.15 bits per heavy atom. The first-order valence-electron chi connectivity index (χ1n) is 4.10. The van der Waals surface area contributed by atoms with Crippen LogP contribution in [0.2, 0.25) is 0 Å². The van der Waals surface area contributed by atoms with Gasteiger partial charge in [-0.15, -0.1) is 0 Å². The number of fused-ring (bicyclic) bond motifs is 3. The summed E-state index contributed by atoms with van der Waals surface area (Å²) in [7, 11) is 1.89. The van der Waals surface area contributed by atoms with Crippen LogP contribution in [-0.4, -0.2) is 19.2 Å². The minimum atomic E-state index is 0.906. The summed E-state index contributed by atoms with van der Waals surface area (Å²) >= 11 is 0. The van der Waals surface area contributed by atoms with Crippen LogP contribution in [0.4, 0.5) is 0 Å². The van der Waals surface area contributed by atoms with Crippen LogP contribution in [0, 0.1) is 0 Å². The van der Waals surface area contributed by atoms with Gasteiger partial charge in [-0.05, 0) is 12.1 Å². The second-order valence-corrected chi connectivity index (χ2v) is 3.04. The van der Waals surface area contributed by atoms with E-state index in [2.05, 4.69) is 14.5 Å². The van der Waals surface area contributed by atoms with Gasteiger partial charge in [-0.2, -0.15) is 5.10 Å². The van der Waals surface area contributed by atoms with E-state index in [1.807, 2.05) is 37.8 Å². The molecule has 3 rings (SSSR count). The van der Waals surface area contributed by atoms with Gasteiger partial charge >= 0.3 is 0 Å². The average molecular weight is 172 g/mol. The van der Waals surface area contributed by atoms with Gasteiger partial charge in [-0.25, -0.2) is 9.67 Å². The van der Waals surface area contributed by atoms with Gasteiger partial charge in [0.05, 0.1) is 17.9 Å². The second-order valence-electron chi connectivity index (χ2n) is 3.04. The summed E-state index contributed by atoms with van der Waals surface area (Å²) in [5.74, 6) is 0. The molecular weight excluding hydrogens is 164 g/mol. The molecule has 0 unspecified atom stereocenters. The van der Waals surface area contributed by atoms with Crippen molar-refractivity contribution in [2.75, 3.05) is 0 Å².